The smallest absolute Gasteiger partial charge is 0.303 e. The molecule has 5 atom stereocenters. The number of ether oxygens (including phenoxy) is 3. The van der Waals surface area contributed by atoms with Crippen molar-refractivity contribution in [2.24, 2.45) is 5.92 Å². The van der Waals surface area contributed by atoms with Crippen molar-refractivity contribution in [3.8, 4) is 0 Å². The lowest BCUT2D eigenvalue weighted by molar-refractivity contribution is -0.187. The van der Waals surface area contributed by atoms with Gasteiger partial charge in [0.1, 0.15) is 11.7 Å². The summed E-state index contributed by atoms with van der Waals surface area (Å²) < 4.78 is 18.6. The molecule has 26 heavy (non-hydrogen) atoms. The summed E-state index contributed by atoms with van der Waals surface area (Å²) in [4.78, 5) is 11.8. The van der Waals surface area contributed by atoms with Crippen molar-refractivity contribution in [1.82, 2.24) is 0 Å². The first-order valence-corrected chi connectivity index (χ1v) is 10.3. The highest BCUT2D eigenvalue weighted by atomic mass is 16.6. The molecule has 3 aliphatic rings. The summed E-state index contributed by atoms with van der Waals surface area (Å²) in [6.45, 7) is 12.5. The van der Waals surface area contributed by atoms with Crippen LogP contribution in [0.1, 0.15) is 86.5 Å². The monoisotopic (exact) mass is 364 g/mol. The van der Waals surface area contributed by atoms with Crippen molar-refractivity contribution in [3.05, 3.63) is 11.6 Å². The zero-order valence-corrected chi connectivity index (χ0v) is 17.4. The van der Waals surface area contributed by atoms with Crippen LogP contribution in [-0.4, -0.2) is 35.0 Å². The minimum atomic E-state index is -0.424. The number of fused-ring (bicyclic) bond motifs is 3. The standard InChI is InChI=1S/C22H36O4/c1-15(2)22-12-9-16(3)7-8-19-20(5,25-19)11-10-18(24-17(4)23)21(6,26-22)13-14-22/h9,15,18-19H,7-8,10-14H2,1-6H3/b16-9+/t18-,19-,20+,21+,22+/m0/s1. The van der Waals surface area contributed by atoms with Crippen LogP contribution in [0.2, 0.25) is 0 Å². The summed E-state index contributed by atoms with van der Waals surface area (Å²) in [6.07, 6.45) is 9.21. The third-order valence-corrected chi connectivity index (χ3v) is 7.06. The van der Waals surface area contributed by atoms with E-state index in [1.165, 1.54) is 12.5 Å². The maximum Gasteiger partial charge on any atom is 0.303 e. The summed E-state index contributed by atoms with van der Waals surface area (Å²) in [7, 11) is 0. The fraction of sp³-hybridized carbons (Fsp3) is 0.864. The Hall–Kier alpha value is -0.870. The van der Waals surface area contributed by atoms with Gasteiger partial charge in [-0.15, -0.1) is 0 Å². The van der Waals surface area contributed by atoms with Crippen molar-refractivity contribution in [2.45, 2.75) is 115 Å². The first kappa shape index (κ1) is 19.9. The predicted molar refractivity (Wildman–Crippen MR) is 102 cm³/mol. The Bertz CT molecular complexity index is 583. The SMILES string of the molecule is CC(=O)O[C@H]1CC[C@@]2(C)O[C@H]2CC/C(C)=C/C[C@]2(C(C)C)CC[C@@]1(C)O2. The molecule has 0 aromatic rings. The predicted octanol–water partition coefficient (Wildman–Crippen LogP) is 4.95. The Kier molecular flexibility index (Phi) is 5.31. The van der Waals surface area contributed by atoms with Gasteiger partial charge in [0.05, 0.1) is 17.3 Å². The fourth-order valence-electron chi connectivity index (χ4n) is 4.83. The third-order valence-electron chi connectivity index (χ3n) is 7.06. The molecule has 0 aromatic heterocycles. The van der Waals surface area contributed by atoms with E-state index in [0.717, 1.165) is 44.9 Å². The lowest BCUT2D eigenvalue weighted by atomic mass is 9.82. The molecule has 3 rings (SSSR count). The van der Waals surface area contributed by atoms with Crippen molar-refractivity contribution < 1.29 is 19.0 Å². The van der Waals surface area contributed by atoms with Crippen LogP contribution in [0.15, 0.2) is 11.6 Å². The van der Waals surface area contributed by atoms with E-state index in [-0.39, 0.29) is 23.3 Å². The Labute approximate surface area is 158 Å². The van der Waals surface area contributed by atoms with Crippen molar-refractivity contribution in [2.75, 3.05) is 0 Å². The van der Waals surface area contributed by atoms with Crippen LogP contribution < -0.4 is 0 Å². The van der Waals surface area contributed by atoms with E-state index in [1.807, 2.05) is 0 Å². The van der Waals surface area contributed by atoms with E-state index >= 15 is 0 Å². The Balaban J connectivity index is 1.89. The average Bonchev–Trinajstić information content (AvgIpc) is 3.06. The summed E-state index contributed by atoms with van der Waals surface area (Å²) >= 11 is 0. The van der Waals surface area contributed by atoms with Crippen LogP contribution >= 0.6 is 0 Å². The molecule has 0 N–H and O–H groups in total. The molecule has 0 saturated carbocycles. The Morgan fingerprint density at radius 2 is 1.92 bits per heavy atom. The van der Waals surface area contributed by atoms with Crippen LogP contribution in [0.4, 0.5) is 0 Å². The van der Waals surface area contributed by atoms with Crippen LogP contribution in [-0.2, 0) is 19.0 Å². The molecule has 3 aliphatic heterocycles. The largest absolute Gasteiger partial charge is 0.459 e. The maximum atomic E-state index is 11.8. The molecular weight excluding hydrogens is 328 g/mol. The molecule has 2 bridgehead atoms. The molecule has 4 nitrogen and oxygen atoms in total. The van der Waals surface area contributed by atoms with Crippen LogP contribution in [0.25, 0.3) is 0 Å². The molecule has 0 spiro atoms. The number of epoxide rings is 1. The minimum Gasteiger partial charge on any atom is -0.459 e. The number of carbonyl (C=O) groups is 1. The van der Waals surface area contributed by atoms with Gasteiger partial charge in [-0.2, -0.15) is 0 Å². The second-order valence-electron chi connectivity index (χ2n) is 9.48. The first-order chi connectivity index (χ1) is 12.1. The van der Waals surface area contributed by atoms with Gasteiger partial charge in [0, 0.05) is 6.92 Å². The van der Waals surface area contributed by atoms with E-state index in [9.17, 15) is 4.79 Å². The first-order valence-electron chi connectivity index (χ1n) is 10.3. The summed E-state index contributed by atoms with van der Waals surface area (Å²) in [5.41, 5.74) is 0.769. The van der Waals surface area contributed by atoms with E-state index < -0.39 is 5.60 Å². The zero-order valence-electron chi connectivity index (χ0n) is 17.4. The number of hydrogen-bond acceptors (Lipinski definition) is 4. The van der Waals surface area contributed by atoms with E-state index in [1.54, 1.807) is 0 Å². The average molecular weight is 365 g/mol. The van der Waals surface area contributed by atoms with Gasteiger partial charge >= 0.3 is 5.97 Å². The van der Waals surface area contributed by atoms with Gasteiger partial charge in [-0.3, -0.25) is 4.79 Å². The number of esters is 1. The minimum absolute atomic E-state index is 0.0726. The Morgan fingerprint density at radius 3 is 2.58 bits per heavy atom. The summed E-state index contributed by atoms with van der Waals surface area (Å²) in [5, 5.41) is 0. The third kappa shape index (κ3) is 3.87. The molecule has 0 radical (unpaired) electrons. The molecule has 0 aromatic carbocycles. The maximum absolute atomic E-state index is 11.8. The van der Waals surface area contributed by atoms with E-state index in [0.29, 0.717) is 12.0 Å². The topological polar surface area (TPSA) is 48.1 Å². The molecule has 148 valence electrons. The highest BCUT2D eigenvalue weighted by Gasteiger charge is 2.55. The van der Waals surface area contributed by atoms with Crippen LogP contribution in [0, 0.1) is 5.92 Å². The molecule has 0 amide bonds. The second kappa shape index (κ2) is 6.94. The fourth-order valence-corrected chi connectivity index (χ4v) is 4.83. The van der Waals surface area contributed by atoms with Gasteiger partial charge in [0.15, 0.2) is 0 Å². The molecule has 2 saturated heterocycles. The van der Waals surface area contributed by atoms with Crippen molar-refractivity contribution in [1.29, 1.82) is 0 Å². The quantitative estimate of drug-likeness (QED) is 0.395. The zero-order chi connectivity index (χ0) is 19.2. The number of carbonyl (C=O) groups excluding carboxylic acids is 1. The van der Waals surface area contributed by atoms with Gasteiger partial charge in [-0.25, -0.2) is 0 Å². The lowest BCUT2D eigenvalue weighted by Crippen LogP contribution is -2.46. The molecule has 3 heterocycles. The molecule has 0 unspecified atom stereocenters. The molecular formula is C22H36O4. The number of rotatable bonds is 2. The second-order valence-corrected chi connectivity index (χ2v) is 9.48. The van der Waals surface area contributed by atoms with E-state index in [4.69, 9.17) is 14.2 Å². The van der Waals surface area contributed by atoms with E-state index in [2.05, 4.69) is 40.7 Å². The molecule has 2 fully saturated rings. The van der Waals surface area contributed by atoms with Gasteiger partial charge in [-0.1, -0.05) is 25.5 Å². The van der Waals surface area contributed by atoms with Gasteiger partial charge in [0.25, 0.3) is 0 Å². The molecule has 4 heteroatoms. The Morgan fingerprint density at radius 1 is 1.19 bits per heavy atom. The van der Waals surface area contributed by atoms with Crippen molar-refractivity contribution >= 4 is 5.97 Å². The normalized spacial score (nSPS) is 45.6. The van der Waals surface area contributed by atoms with Gasteiger partial charge < -0.3 is 14.2 Å². The number of hydrogen-bond donors (Lipinski definition) is 0. The van der Waals surface area contributed by atoms with Crippen LogP contribution in [0.3, 0.4) is 0 Å². The van der Waals surface area contributed by atoms with Crippen LogP contribution in [0.5, 0.6) is 0 Å². The number of allylic oxidation sites excluding steroid dienone is 1. The lowest BCUT2D eigenvalue weighted by Gasteiger charge is -2.39. The summed E-state index contributed by atoms with van der Waals surface area (Å²) in [6, 6.07) is 0. The van der Waals surface area contributed by atoms with Crippen molar-refractivity contribution in [3.63, 3.8) is 0 Å². The molecule has 0 aliphatic carbocycles. The van der Waals surface area contributed by atoms with Gasteiger partial charge in [0.2, 0.25) is 0 Å². The highest BCUT2D eigenvalue weighted by Crippen LogP contribution is 2.50. The summed E-state index contributed by atoms with van der Waals surface area (Å²) in [5.74, 6) is 0.200. The van der Waals surface area contributed by atoms with Gasteiger partial charge in [-0.05, 0) is 71.6 Å². The highest BCUT2D eigenvalue weighted by molar-refractivity contribution is 5.66.